The first kappa shape index (κ1) is 9.24. The van der Waals surface area contributed by atoms with Gasteiger partial charge in [0.15, 0.2) is 0 Å². The number of ether oxygens (including phenoxy) is 2. The van der Waals surface area contributed by atoms with Gasteiger partial charge in [-0.3, -0.25) is 9.59 Å². The molecule has 0 radical (unpaired) electrons. The summed E-state index contributed by atoms with van der Waals surface area (Å²) in [6, 6.07) is 0.00347. The molecule has 0 bridgehead atoms. The van der Waals surface area contributed by atoms with Gasteiger partial charge < -0.3 is 14.5 Å². The van der Waals surface area contributed by atoms with Crippen LogP contribution in [0.4, 0.5) is 0 Å². The minimum atomic E-state index is -0.497. The number of H-pyrrole nitrogens is 1. The van der Waals surface area contributed by atoms with Crippen molar-refractivity contribution in [2.45, 2.75) is 13.8 Å². The molecule has 0 spiro atoms. The highest BCUT2D eigenvalue weighted by Crippen LogP contribution is 2.11. The molecule has 1 N–H and O–H groups in total. The van der Waals surface area contributed by atoms with Crippen molar-refractivity contribution in [3.05, 3.63) is 6.20 Å². The summed E-state index contributed by atoms with van der Waals surface area (Å²) >= 11 is 0. The Labute approximate surface area is 73.9 Å². The molecule has 0 saturated carbocycles. The summed E-state index contributed by atoms with van der Waals surface area (Å²) in [5, 5.41) is 0. The summed E-state index contributed by atoms with van der Waals surface area (Å²) in [4.78, 5) is 27.1. The van der Waals surface area contributed by atoms with Gasteiger partial charge in [0.25, 0.3) is 0 Å². The van der Waals surface area contributed by atoms with Crippen molar-refractivity contribution < 1.29 is 19.1 Å². The molecule has 0 fully saturated rings. The maximum absolute atomic E-state index is 10.5. The average Bonchev–Trinajstić information content (AvgIpc) is 2.33. The third kappa shape index (κ3) is 2.94. The standard InChI is InChI=1S/C7H8N2O4/c1-4(10)12-6-3-8-7(9-6)13-5(2)11/h3H,1-2H3,(H,8,9). The van der Waals surface area contributed by atoms with Crippen molar-refractivity contribution in [3.63, 3.8) is 0 Å². The fraction of sp³-hybridized carbons (Fsp3) is 0.286. The molecule has 0 aliphatic heterocycles. The van der Waals surface area contributed by atoms with E-state index in [9.17, 15) is 9.59 Å². The molecular formula is C7H8N2O4. The molecule has 0 atom stereocenters. The van der Waals surface area contributed by atoms with E-state index in [1.807, 2.05) is 0 Å². The number of nitrogens with zero attached hydrogens (tertiary/aromatic N) is 1. The lowest BCUT2D eigenvalue weighted by Gasteiger charge is -1.93. The second-order valence-corrected chi connectivity index (χ2v) is 2.23. The van der Waals surface area contributed by atoms with Gasteiger partial charge in [0, 0.05) is 13.8 Å². The highest BCUT2D eigenvalue weighted by Gasteiger charge is 2.06. The quantitative estimate of drug-likeness (QED) is 0.666. The van der Waals surface area contributed by atoms with Gasteiger partial charge in [-0.2, -0.15) is 4.98 Å². The van der Waals surface area contributed by atoms with E-state index in [0.29, 0.717) is 0 Å². The fourth-order valence-corrected chi connectivity index (χ4v) is 0.676. The lowest BCUT2D eigenvalue weighted by molar-refractivity contribution is -0.132. The van der Waals surface area contributed by atoms with Crippen LogP contribution < -0.4 is 9.47 Å². The number of nitrogens with one attached hydrogen (secondary N) is 1. The molecule has 6 nitrogen and oxygen atoms in total. The maximum atomic E-state index is 10.5. The van der Waals surface area contributed by atoms with Crippen LogP contribution in [-0.2, 0) is 9.59 Å². The summed E-state index contributed by atoms with van der Waals surface area (Å²) < 4.78 is 9.18. The number of rotatable bonds is 2. The summed E-state index contributed by atoms with van der Waals surface area (Å²) in [6.45, 7) is 2.49. The van der Waals surface area contributed by atoms with Crippen LogP contribution in [0, 0.1) is 0 Å². The zero-order valence-corrected chi connectivity index (χ0v) is 7.16. The Morgan fingerprint density at radius 2 is 1.92 bits per heavy atom. The SMILES string of the molecule is CC(=O)Oc1c[nH]c(OC(C)=O)n1. The largest absolute Gasteiger partial charge is 0.406 e. The van der Waals surface area contributed by atoms with Crippen molar-refractivity contribution >= 4 is 11.9 Å². The van der Waals surface area contributed by atoms with Crippen molar-refractivity contribution in [3.8, 4) is 11.9 Å². The van der Waals surface area contributed by atoms with E-state index in [1.165, 1.54) is 20.0 Å². The number of aromatic amines is 1. The first-order valence-electron chi connectivity index (χ1n) is 3.50. The van der Waals surface area contributed by atoms with Gasteiger partial charge in [0.1, 0.15) is 0 Å². The molecule has 1 heterocycles. The Morgan fingerprint density at radius 1 is 1.31 bits per heavy atom. The van der Waals surface area contributed by atoms with E-state index in [4.69, 9.17) is 0 Å². The number of esters is 2. The van der Waals surface area contributed by atoms with Crippen molar-refractivity contribution in [1.82, 2.24) is 9.97 Å². The first-order valence-corrected chi connectivity index (χ1v) is 3.50. The zero-order chi connectivity index (χ0) is 9.84. The second-order valence-electron chi connectivity index (χ2n) is 2.23. The molecule has 0 aromatic carbocycles. The smallest absolute Gasteiger partial charge is 0.310 e. The molecule has 1 aromatic heterocycles. The summed E-state index contributed by atoms with van der Waals surface area (Å²) in [6.07, 6.45) is 1.32. The lowest BCUT2D eigenvalue weighted by atomic mass is 10.8. The molecule has 0 unspecified atom stereocenters. The van der Waals surface area contributed by atoms with Crippen LogP contribution in [0.25, 0.3) is 0 Å². The van der Waals surface area contributed by atoms with Crippen LogP contribution in [0.2, 0.25) is 0 Å². The van der Waals surface area contributed by atoms with E-state index in [0.717, 1.165) is 0 Å². The molecule has 0 amide bonds. The highest BCUT2D eigenvalue weighted by atomic mass is 16.6. The van der Waals surface area contributed by atoms with Crippen LogP contribution in [-0.4, -0.2) is 21.9 Å². The third-order valence-corrected chi connectivity index (χ3v) is 1.02. The van der Waals surface area contributed by atoms with Crippen LogP contribution in [0.1, 0.15) is 13.8 Å². The molecule has 6 heteroatoms. The van der Waals surface area contributed by atoms with Crippen molar-refractivity contribution in [2.24, 2.45) is 0 Å². The van der Waals surface area contributed by atoms with Gasteiger partial charge in [-0.1, -0.05) is 0 Å². The number of carbonyl (C=O) groups excluding carboxylic acids is 2. The number of hydrogen-bond donors (Lipinski definition) is 1. The summed E-state index contributed by atoms with van der Waals surface area (Å²) in [5.74, 6) is -0.909. The predicted octanol–water partition coefficient (Wildman–Crippen LogP) is 0.260. The minimum absolute atomic E-state index is 0.00347. The van der Waals surface area contributed by atoms with Gasteiger partial charge in [0.05, 0.1) is 6.20 Å². The Morgan fingerprint density at radius 3 is 2.46 bits per heavy atom. The van der Waals surface area contributed by atoms with Gasteiger partial charge in [-0.25, -0.2) is 0 Å². The van der Waals surface area contributed by atoms with Crippen LogP contribution in [0.3, 0.4) is 0 Å². The number of aromatic nitrogens is 2. The Balaban J connectivity index is 2.63. The van der Waals surface area contributed by atoms with E-state index in [1.54, 1.807) is 0 Å². The molecule has 1 aromatic rings. The maximum Gasteiger partial charge on any atom is 0.310 e. The Kier molecular flexibility index (Phi) is 2.63. The minimum Gasteiger partial charge on any atom is -0.406 e. The van der Waals surface area contributed by atoms with Gasteiger partial charge in [0.2, 0.25) is 5.88 Å². The van der Waals surface area contributed by atoms with Crippen molar-refractivity contribution in [2.75, 3.05) is 0 Å². The van der Waals surface area contributed by atoms with Gasteiger partial charge in [-0.15, -0.1) is 0 Å². The molecule has 1 rings (SSSR count). The third-order valence-electron chi connectivity index (χ3n) is 1.02. The molecule has 70 valence electrons. The lowest BCUT2D eigenvalue weighted by Crippen LogP contribution is -2.03. The second kappa shape index (κ2) is 3.70. The molecular weight excluding hydrogens is 176 g/mol. The van der Waals surface area contributed by atoms with Crippen LogP contribution in [0.5, 0.6) is 11.9 Å². The number of imidazole rings is 1. The predicted molar refractivity (Wildman–Crippen MR) is 41.2 cm³/mol. The van der Waals surface area contributed by atoms with Crippen LogP contribution in [0.15, 0.2) is 6.20 Å². The monoisotopic (exact) mass is 184 g/mol. The highest BCUT2D eigenvalue weighted by molar-refractivity contribution is 5.69. The average molecular weight is 184 g/mol. The van der Waals surface area contributed by atoms with Crippen molar-refractivity contribution in [1.29, 1.82) is 0 Å². The van der Waals surface area contributed by atoms with Gasteiger partial charge in [-0.05, 0) is 0 Å². The number of hydrogen-bond acceptors (Lipinski definition) is 5. The summed E-state index contributed by atoms with van der Waals surface area (Å²) in [7, 11) is 0. The fourth-order valence-electron chi connectivity index (χ4n) is 0.676. The normalized spacial score (nSPS) is 9.38. The van der Waals surface area contributed by atoms with Crippen LogP contribution >= 0.6 is 0 Å². The molecule has 0 aliphatic rings. The molecule has 0 aliphatic carbocycles. The zero-order valence-electron chi connectivity index (χ0n) is 7.16. The van der Waals surface area contributed by atoms with Gasteiger partial charge >= 0.3 is 17.9 Å². The first-order chi connectivity index (χ1) is 6.08. The van der Waals surface area contributed by atoms with E-state index < -0.39 is 11.9 Å². The Bertz CT molecular complexity index is 300. The number of carbonyl (C=O) groups is 2. The molecule has 0 saturated heterocycles. The van der Waals surface area contributed by atoms with E-state index in [2.05, 4.69) is 19.4 Å². The molecule has 13 heavy (non-hydrogen) atoms. The van der Waals surface area contributed by atoms with E-state index >= 15 is 0 Å². The van der Waals surface area contributed by atoms with E-state index in [-0.39, 0.29) is 11.9 Å². The Hall–Kier alpha value is -1.85. The summed E-state index contributed by atoms with van der Waals surface area (Å²) in [5.41, 5.74) is 0. The topological polar surface area (TPSA) is 81.3 Å².